The van der Waals surface area contributed by atoms with Gasteiger partial charge >= 0.3 is 12.1 Å². The van der Waals surface area contributed by atoms with Crippen LogP contribution in [0.15, 0.2) is 24.3 Å². The summed E-state index contributed by atoms with van der Waals surface area (Å²) in [6.45, 7) is 2.08. The summed E-state index contributed by atoms with van der Waals surface area (Å²) in [5, 5.41) is 9.27. The number of carbonyl (C=O) groups excluding carboxylic acids is 1. The summed E-state index contributed by atoms with van der Waals surface area (Å²) >= 11 is 0. The number of hydrogen-bond acceptors (Lipinski definition) is 4. The van der Waals surface area contributed by atoms with Gasteiger partial charge < -0.3 is 14.7 Å². The predicted octanol–water partition coefficient (Wildman–Crippen LogP) is 1.81. The summed E-state index contributed by atoms with van der Waals surface area (Å²) in [6, 6.07) is 6.53. The molecule has 1 atom stereocenters. The number of likely N-dealkylation sites (N-methyl/N-ethyl adjacent to an activating group) is 1. The molecular weight excluding hydrogens is 272 g/mol. The van der Waals surface area contributed by atoms with Crippen LogP contribution >= 0.6 is 0 Å². The summed E-state index contributed by atoms with van der Waals surface area (Å²) in [5.41, 5.74) is 0.00570. The number of rotatable bonds is 2. The van der Waals surface area contributed by atoms with Gasteiger partial charge in [0.15, 0.2) is 0 Å². The van der Waals surface area contributed by atoms with Crippen molar-refractivity contribution in [2.75, 3.05) is 31.6 Å². The van der Waals surface area contributed by atoms with E-state index in [9.17, 15) is 14.7 Å². The van der Waals surface area contributed by atoms with E-state index in [4.69, 9.17) is 4.74 Å². The summed E-state index contributed by atoms with van der Waals surface area (Å²) in [4.78, 5) is 27.1. The van der Waals surface area contributed by atoms with Crippen LogP contribution < -0.4 is 4.90 Å². The molecule has 1 amide bonds. The SMILES string of the molecule is CN1CCCC2(C1)CN(c1ccccc1C(=O)O)C(=O)O2. The molecule has 6 nitrogen and oxygen atoms in total. The first-order chi connectivity index (χ1) is 10.0. The van der Waals surface area contributed by atoms with Crippen LogP contribution in [0.1, 0.15) is 23.2 Å². The number of piperidine rings is 1. The lowest BCUT2D eigenvalue weighted by Gasteiger charge is -2.36. The van der Waals surface area contributed by atoms with Gasteiger partial charge in [0, 0.05) is 6.54 Å². The van der Waals surface area contributed by atoms with Crippen molar-refractivity contribution in [3.63, 3.8) is 0 Å². The molecule has 1 unspecified atom stereocenters. The number of ether oxygens (including phenoxy) is 1. The Morgan fingerprint density at radius 1 is 1.33 bits per heavy atom. The number of carboxylic acid groups (broad SMARTS) is 1. The van der Waals surface area contributed by atoms with Gasteiger partial charge in [-0.2, -0.15) is 0 Å². The normalized spacial score (nSPS) is 26.1. The van der Waals surface area contributed by atoms with Crippen LogP contribution in [0.3, 0.4) is 0 Å². The van der Waals surface area contributed by atoms with E-state index in [-0.39, 0.29) is 5.56 Å². The fourth-order valence-corrected chi connectivity index (χ4v) is 3.23. The van der Waals surface area contributed by atoms with E-state index in [0.717, 1.165) is 19.4 Å². The third-order valence-electron chi connectivity index (χ3n) is 4.13. The summed E-state index contributed by atoms with van der Waals surface area (Å²) in [6.07, 6.45) is 1.33. The summed E-state index contributed by atoms with van der Waals surface area (Å²) in [5.74, 6) is -1.04. The average Bonchev–Trinajstić information content (AvgIpc) is 2.74. The van der Waals surface area contributed by atoms with Crippen molar-refractivity contribution in [3.8, 4) is 0 Å². The topological polar surface area (TPSA) is 70.1 Å². The minimum atomic E-state index is -1.04. The molecule has 0 saturated carbocycles. The maximum atomic E-state index is 12.2. The van der Waals surface area contributed by atoms with Crippen LogP contribution in [0.25, 0.3) is 0 Å². The van der Waals surface area contributed by atoms with E-state index in [1.165, 1.54) is 11.0 Å². The standard InChI is InChI=1S/C15H18N2O4/c1-16-8-4-7-15(9-16)10-17(14(20)21-15)12-6-3-2-5-11(12)13(18)19/h2-3,5-6H,4,7-10H2,1H3,(H,18,19). The van der Waals surface area contributed by atoms with Gasteiger partial charge in [0.25, 0.3) is 0 Å². The molecule has 2 fully saturated rings. The number of hydrogen-bond donors (Lipinski definition) is 1. The average molecular weight is 290 g/mol. The highest BCUT2D eigenvalue weighted by Crippen LogP contribution is 2.35. The molecule has 1 aromatic carbocycles. The molecule has 0 aliphatic carbocycles. The van der Waals surface area contributed by atoms with Crippen molar-refractivity contribution in [3.05, 3.63) is 29.8 Å². The molecule has 6 heteroatoms. The van der Waals surface area contributed by atoms with Crippen LogP contribution in [0.4, 0.5) is 10.5 Å². The van der Waals surface area contributed by atoms with Crippen molar-refractivity contribution >= 4 is 17.7 Å². The van der Waals surface area contributed by atoms with Crippen LogP contribution in [-0.4, -0.2) is 54.4 Å². The number of benzene rings is 1. The maximum Gasteiger partial charge on any atom is 0.415 e. The maximum absolute atomic E-state index is 12.2. The molecule has 2 saturated heterocycles. The van der Waals surface area contributed by atoms with Gasteiger partial charge in [-0.05, 0) is 38.6 Å². The highest BCUT2D eigenvalue weighted by molar-refractivity contribution is 6.00. The first-order valence-corrected chi connectivity index (χ1v) is 7.02. The van der Waals surface area contributed by atoms with Gasteiger partial charge in [-0.25, -0.2) is 9.59 Å². The Hall–Kier alpha value is -2.08. The molecule has 2 aliphatic rings. The predicted molar refractivity (Wildman–Crippen MR) is 76.7 cm³/mol. The van der Waals surface area contributed by atoms with Crippen LogP contribution in [0.2, 0.25) is 0 Å². The zero-order chi connectivity index (χ0) is 15.0. The van der Waals surface area contributed by atoms with Crippen LogP contribution in [0.5, 0.6) is 0 Å². The van der Waals surface area contributed by atoms with E-state index in [1.807, 2.05) is 7.05 Å². The van der Waals surface area contributed by atoms with Gasteiger partial charge in [-0.15, -0.1) is 0 Å². The molecule has 0 aromatic heterocycles. The van der Waals surface area contributed by atoms with Gasteiger partial charge in [-0.3, -0.25) is 4.90 Å². The van der Waals surface area contributed by atoms with Crippen molar-refractivity contribution in [2.24, 2.45) is 0 Å². The number of likely N-dealkylation sites (tertiary alicyclic amines) is 1. The number of carbonyl (C=O) groups is 2. The van der Waals surface area contributed by atoms with E-state index in [0.29, 0.717) is 18.8 Å². The van der Waals surface area contributed by atoms with Crippen LogP contribution in [0, 0.1) is 0 Å². The molecule has 0 radical (unpaired) electrons. The molecule has 1 aromatic rings. The number of anilines is 1. The Bertz CT molecular complexity index is 589. The number of nitrogens with zero attached hydrogens (tertiary/aromatic N) is 2. The van der Waals surface area contributed by atoms with Crippen molar-refractivity contribution in [2.45, 2.75) is 18.4 Å². The second kappa shape index (κ2) is 5.04. The largest absolute Gasteiger partial charge is 0.478 e. The molecule has 3 rings (SSSR count). The zero-order valence-electron chi connectivity index (χ0n) is 11.9. The Morgan fingerprint density at radius 3 is 2.81 bits per heavy atom. The molecule has 2 heterocycles. The lowest BCUT2D eigenvalue weighted by atomic mass is 9.93. The number of aromatic carboxylic acids is 1. The highest BCUT2D eigenvalue weighted by atomic mass is 16.6. The zero-order valence-corrected chi connectivity index (χ0v) is 11.9. The first-order valence-electron chi connectivity index (χ1n) is 7.02. The van der Waals surface area contributed by atoms with Gasteiger partial charge in [0.05, 0.1) is 17.8 Å². The Morgan fingerprint density at radius 2 is 2.10 bits per heavy atom. The molecular formula is C15H18N2O4. The van der Waals surface area contributed by atoms with E-state index < -0.39 is 17.7 Å². The molecule has 1 N–H and O–H groups in total. The van der Waals surface area contributed by atoms with Crippen molar-refractivity contribution < 1.29 is 19.4 Å². The Labute approximate surface area is 122 Å². The minimum absolute atomic E-state index is 0.121. The van der Waals surface area contributed by atoms with Crippen LogP contribution in [-0.2, 0) is 4.74 Å². The lowest BCUT2D eigenvalue weighted by Crippen LogP contribution is -2.49. The van der Waals surface area contributed by atoms with E-state index >= 15 is 0 Å². The molecule has 2 aliphatic heterocycles. The number of para-hydroxylation sites is 1. The summed E-state index contributed by atoms with van der Waals surface area (Å²) < 4.78 is 5.61. The third-order valence-corrected chi connectivity index (χ3v) is 4.13. The molecule has 0 bridgehead atoms. The highest BCUT2D eigenvalue weighted by Gasteiger charge is 2.48. The quantitative estimate of drug-likeness (QED) is 0.899. The molecule has 21 heavy (non-hydrogen) atoms. The van der Waals surface area contributed by atoms with E-state index in [1.54, 1.807) is 18.2 Å². The van der Waals surface area contributed by atoms with Gasteiger partial charge in [0.2, 0.25) is 0 Å². The lowest BCUT2D eigenvalue weighted by molar-refractivity contribution is -0.000397. The van der Waals surface area contributed by atoms with E-state index in [2.05, 4.69) is 4.90 Å². The number of amides is 1. The Balaban J connectivity index is 1.91. The van der Waals surface area contributed by atoms with Crippen molar-refractivity contribution in [1.29, 1.82) is 0 Å². The van der Waals surface area contributed by atoms with Gasteiger partial charge in [-0.1, -0.05) is 12.1 Å². The fraction of sp³-hybridized carbons (Fsp3) is 0.467. The fourth-order valence-electron chi connectivity index (χ4n) is 3.23. The second-order valence-electron chi connectivity index (χ2n) is 5.80. The molecule has 1 spiro atoms. The van der Waals surface area contributed by atoms with Crippen molar-refractivity contribution in [1.82, 2.24) is 4.90 Å². The number of carboxylic acids is 1. The molecule has 112 valence electrons. The van der Waals surface area contributed by atoms with Gasteiger partial charge in [0.1, 0.15) is 5.60 Å². The smallest absolute Gasteiger partial charge is 0.415 e. The minimum Gasteiger partial charge on any atom is -0.478 e. The first kappa shape index (κ1) is 13.9. The monoisotopic (exact) mass is 290 g/mol. The Kier molecular flexibility index (Phi) is 3.33. The second-order valence-corrected chi connectivity index (χ2v) is 5.80. The summed E-state index contributed by atoms with van der Waals surface area (Å²) in [7, 11) is 2.00. The third kappa shape index (κ3) is 2.47.